The summed E-state index contributed by atoms with van der Waals surface area (Å²) >= 11 is 1.85. The first-order chi connectivity index (χ1) is 25.7. The number of benzene rings is 5. The maximum Gasteiger partial charge on any atom is 0.407 e. The molecule has 1 aliphatic rings. The van der Waals surface area contributed by atoms with Gasteiger partial charge in [-0.25, -0.2) is 4.79 Å². The smallest absolute Gasteiger partial charge is 0.407 e. The van der Waals surface area contributed by atoms with Crippen molar-refractivity contribution in [2.24, 2.45) is 0 Å². The molecule has 0 aliphatic carbocycles. The summed E-state index contributed by atoms with van der Waals surface area (Å²) in [5, 5.41) is 5.37. The highest BCUT2D eigenvalue weighted by Gasteiger charge is 2.39. The van der Waals surface area contributed by atoms with E-state index in [-0.39, 0.29) is 18.0 Å². The number of nitrogens with zero attached hydrogens (tertiary/aromatic N) is 2. The molecule has 1 heterocycles. The number of rotatable bonds is 13. The largest absolute Gasteiger partial charge is 0.444 e. The van der Waals surface area contributed by atoms with Crippen LogP contribution in [0.4, 0.5) is 4.79 Å². The maximum atomic E-state index is 14.1. The van der Waals surface area contributed by atoms with Crippen molar-refractivity contribution in [2.75, 3.05) is 31.9 Å². The van der Waals surface area contributed by atoms with Gasteiger partial charge in [0.1, 0.15) is 5.60 Å². The van der Waals surface area contributed by atoms with Crippen molar-refractivity contribution in [3.8, 4) is 0 Å². The van der Waals surface area contributed by atoms with Crippen LogP contribution in [0.3, 0.4) is 0 Å². The van der Waals surface area contributed by atoms with Gasteiger partial charge >= 0.3 is 6.09 Å². The van der Waals surface area contributed by atoms with Gasteiger partial charge in [-0.2, -0.15) is 0 Å². The van der Waals surface area contributed by atoms with Gasteiger partial charge in [0.2, 0.25) is 0 Å². The summed E-state index contributed by atoms with van der Waals surface area (Å²) < 4.78 is 5.31. The van der Waals surface area contributed by atoms with Crippen molar-refractivity contribution in [3.63, 3.8) is 0 Å². The van der Waals surface area contributed by atoms with Gasteiger partial charge in [0, 0.05) is 43.5 Å². The van der Waals surface area contributed by atoms with Crippen LogP contribution in [0.2, 0.25) is 0 Å². The highest BCUT2D eigenvalue weighted by molar-refractivity contribution is 8.00. The molecule has 5 aromatic rings. The van der Waals surface area contributed by atoms with Crippen molar-refractivity contribution in [2.45, 2.75) is 69.4 Å². The Labute approximate surface area is 319 Å². The Kier molecular flexibility index (Phi) is 12.6. The zero-order chi connectivity index (χ0) is 37.3. The second-order valence-electron chi connectivity index (χ2n) is 15.0. The third-order valence-electron chi connectivity index (χ3n) is 10.0. The topological polar surface area (TPSA) is 61.9 Å². The summed E-state index contributed by atoms with van der Waals surface area (Å²) in [6.07, 6.45) is 2.70. The molecule has 5 aromatic carbocycles. The van der Waals surface area contributed by atoms with E-state index >= 15 is 0 Å². The van der Waals surface area contributed by atoms with E-state index in [1.54, 1.807) is 0 Å². The number of amides is 2. The molecule has 0 unspecified atom stereocenters. The number of alkyl carbamates (subject to hydrolysis) is 1. The average Bonchev–Trinajstić information content (AvgIpc) is 3.17. The second kappa shape index (κ2) is 17.5. The Bertz CT molecular complexity index is 1830. The van der Waals surface area contributed by atoms with Gasteiger partial charge < -0.3 is 15.0 Å². The van der Waals surface area contributed by atoms with Crippen LogP contribution in [0.15, 0.2) is 133 Å². The third kappa shape index (κ3) is 9.32. The molecule has 6 nitrogen and oxygen atoms in total. The van der Waals surface area contributed by atoms with Crippen LogP contribution in [-0.2, 0) is 9.48 Å². The lowest BCUT2D eigenvalue weighted by Crippen LogP contribution is -2.58. The van der Waals surface area contributed by atoms with E-state index in [9.17, 15) is 9.59 Å². The van der Waals surface area contributed by atoms with Crippen molar-refractivity contribution in [3.05, 3.63) is 156 Å². The van der Waals surface area contributed by atoms with Crippen LogP contribution in [0.1, 0.15) is 74.0 Å². The highest BCUT2D eigenvalue weighted by atomic mass is 32.2. The van der Waals surface area contributed by atoms with Crippen LogP contribution in [0, 0.1) is 0 Å². The lowest BCUT2D eigenvalue weighted by molar-refractivity contribution is 0.0386. The summed E-state index contributed by atoms with van der Waals surface area (Å²) in [6, 6.07) is 46.1. The summed E-state index contributed by atoms with van der Waals surface area (Å²) in [4.78, 5) is 32.1. The fraction of sp³-hybridized carbons (Fsp3) is 0.348. The molecule has 0 saturated carbocycles. The minimum Gasteiger partial charge on any atom is -0.444 e. The van der Waals surface area contributed by atoms with E-state index in [1.165, 1.54) is 16.7 Å². The molecular weight excluding hydrogens is 675 g/mol. The molecule has 1 saturated heterocycles. The van der Waals surface area contributed by atoms with Crippen molar-refractivity contribution in [1.29, 1.82) is 0 Å². The predicted molar refractivity (Wildman–Crippen MR) is 220 cm³/mol. The monoisotopic (exact) mass is 727 g/mol. The average molecular weight is 728 g/mol. The zero-order valence-corrected chi connectivity index (χ0v) is 32.4. The molecule has 1 aliphatic heterocycles. The van der Waals surface area contributed by atoms with Gasteiger partial charge in [-0.3, -0.25) is 9.69 Å². The molecule has 0 radical (unpaired) electrons. The maximum absolute atomic E-state index is 14.1. The van der Waals surface area contributed by atoms with Crippen LogP contribution in [-0.4, -0.2) is 71.4 Å². The zero-order valence-electron chi connectivity index (χ0n) is 31.5. The number of nitrogens with one attached hydrogen (secondary N) is 1. The molecule has 276 valence electrons. The lowest BCUT2D eigenvalue weighted by Gasteiger charge is -2.43. The Hall–Kier alpha value is -4.59. The Balaban J connectivity index is 1.30. The fourth-order valence-electron chi connectivity index (χ4n) is 7.51. The van der Waals surface area contributed by atoms with Crippen molar-refractivity contribution in [1.82, 2.24) is 15.1 Å². The number of carbonyl (C=O) groups is 2. The van der Waals surface area contributed by atoms with Crippen LogP contribution >= 0.6 is 11.8 Å². The predicted octanol–water partition coefficient (Wildman–Crippen LogP) is 9.78. The van der Waals surface area contributed by atoms with E-state index in [0.29, 0.717) is 25.4 Å². The van der Waals surface area contributed by atoms with E-state index in [2.05, 4.69) is 120 Å². The minimum atomic E-state index is -0.624. The fourth-order valence-corrected chi connectivity index (χ4v) is 9.05. The van der Waals surface area contributed by atoms with Crippen LogP contribution in [0.5, 0.6) is 0 Å². The van der Waals surface area contributed by atoms with Gasteiger partial charge in [0.15, 0.2) is 0 Å². The number of hydrogen-bond donors (Lipinski definition) is 1. The first-order valence-corrected chi connectivity index (χ1v) is 20.0. The molecule has 0 spiro atoms. The number of unbranched alkanes of at least 4 members (excludes halogenated alkanes) is 1. The molecule has 53 heavy (non-hydrogen) atoms. The van der Waals surface area contributed by atoms with Crippen molar-refractivity contribution >= 4 is 34.5 Å². The normalized spacial score (nSPS) is 15.9. The third-order valence-corrected chi connectivity index (χ3v) is 11.7. The SMILES string of the molecule is CCCC[C@H]1CN(C(=O)c2cccc3ccccc23)CCN1C[C@H](CSC(c1ccccc1)(c1ccccc1)c1ccccc1)NC(=O)OC(C)(C)C. The molecule has 0 aromatic heterocycles. The molecule has 2 amide bonds. The number of carbonyl (C=O) groups excluding carboxylic acids is 2. The Morgan fingerprint density at radius 1 is 0.774 bits per heavy atom. The highest BCUT2D eigenvalue weighted by Crippen LogP contribution is 2.48. The van der Waals surface area contributed by atoms with Gasteiger partial charge in [-0.1, -0.05) is 147 Å². The molecule has 0 bridgehead atoms. The number of thioether (sulfide) groups is 1. The number of fused-ring (bicyclic) bond motifs is 1. The second-order valence-corrected chi connectivity index (χ2v) is 16.2. The molecule has 6 rings (SSSR count). The first kappa shape index (κ1) is 38.1. The molecular formula is C46H53N3O3S. The van der Waals surface area contributed by atoms with Gasteiger partial charge in [-0.05, 0) is 60.7 Å². The number of ether oxygens (including phenoxy) is 1. The summed E-state index contributed by atoms with van der Waals surface area (Å²) in [6.45, 7) is 10.5. The summed E-state index contributed by atoms with van der Waals surface area (Å²) in [5.41, 5.74) is 3.67. The van der Waals surface area contributed by atoms with E-state index < -0.39 is 16.4 Å². The summed E-state index contributed by atoms with van der Waals surface area (Å²) in [7, 11) is 0. The first-order valence-electron chi connectivity index (χ1n) is 19.0. The van der Waals surface area contributed by atoms with Crippen LogP contribution < -0.4 is 5.32 Å². The lowest BCUT2D eigenvalue weighted by atomic mass is 9.84. The quantitative estimate of drug-likeness (QED) is 0.122. The standard InChI is InChI=1S/C46H53N3O3S/c1-5-6-27-40-33-49(43(50)42-29-18-20-35-19-16-17-28-41(35)42)31-30-48(40)32-39(47-44(51)52-45(2,3)4)34-53-46(36-21-10-7-11-22-36,37-23-12-8-13-24-37)38-25-14-9-15-26-38/h7-26,28-29,39-40H,5-6,27,30-34H2,1-4H3,(H,47,51)/t39-,40+/m1/s1. The molecule has 2 atom stereocenters. The molecule has 7 heteroatoms. The van der Waals surface area contributed by atoms with E-state index in [1.807, 2.05) is 67.8 Å². The van der Waals surface area contributed by atoms with Crippen molar-refractivity contribution < 1.29 is 14.3 Å². The van der Waals surface area contributed by atoms with E-state index in [0.717, 1.165) is 42.1 Å². The van der Waals surface area contributed by atoms with Gasteiger partial charge in [-0.15, -0.1) is 11.8 Å². The summed E-state index contributed by atoms with van der Waals surface area (Å²) in [5.74, 6) is 0.716. The number of piperazine rings is 1. The molecule has 1 N–H and O–H groups in total. The minimum absolute atomic E-state index is 0.0836. The van der Waals surface area contributed by atoms with Crippen LogP contribution in [0.25, 0.3) is 10.8 Å². The van der Waals surface area contributed by atoms with Gasteiger partial charge in [0.05, 0.1) is 10.8 Å². The Morgan fingerprint density at radius 2 is 1.34 bits per heavy atom. The van der Waals surface area contributed by atoms with E-state index in [4.69, 9.17) is 4.74 Å². The van der Waals surface area contributed by atoms with Gasteiger partial charge in [0.25, 0.3) is 5.91 Å². The molecule has 1 fully saturated rings. The number of hydrogen-bond acceptors (Lipinski definition) is 5. The Morgan fingerprint density at radius 3 is 1.92 bits per heavy atom.